The molecule has 92 heavy (non-hydrogen) atoms. The van der Waals surface area contributed by atoms with E-state index in [9.17, 15) is 0 Å². The Balaban J connectivity index is 0.886. The molecule has 0 aliphatic carbocycles. The molecule has 0 spiro atoms. The van der Waals surface area contributed by atoms with Crippen LogP contribution in [0.2, 0.25) is 0 Å². The summed E-state index contributed by atoms with van der Waals surface area (Å²) in [7, 11) is -7.82. The van der Waals surface area contributed by atoms with Crippen molar-refractivity contribution in [2.24, 2.45) is 0 Å². The highest BCUT2D eigenvalue weighted by atomic mass is 31.2. The molecule has 434 valence electrons. The Kier molecular flexibility index (Phi) is 12.4. The summed E-state index contributed by atoms with van der Waals surface area (Å²) in [5.41, 5.74) is 15.7. The molecule has 0 aromatic heterocycles. The molecular formula is C84H52O6P2. The highest BCUT2D eigenvalue weighted by molar-refractivity contribution is 7.86. The molecule has 0 amide bonds. The number of rotatable bonds is 9. The second-order valence-electron chi connectivity index (χ2n) is 23.6. The number of hydrogen-bond acceptors (Lipinski definition) is 6. The molecule has 14 aromatic rings. The first-order valence-electron chi connectivity index (χ1n) is 30.8. The molecule has 0 N–H and O–H groups in total. The van der Waals surface area contributed by atoms with E-state index in [-0.39, 0.29) is 0 Å². The summed E-state index contributed by atoms with van der Waals surface area (Å²) in [6.07, 6.45) is 0. The Labute approximate surface area is 532 Å². The average molecular weight is 1220 g/mol. The Morgan fingerprint density at radius 1 is 0.185 bits per heavy atom. The largest absolute Gasteiger partial charge is 0.455 e. The second kappa shape index (κ2) is 21.2. The van der Waals surface area contributed by atoms with Crippen molar-refractivity contribution in [3.05, 3.63) is 315 Å². The fourth-order valence-electron chi connectivity index (χ4n) is 14.0. The molecule has 6 nitrogen and oxygen atoms in total. The van der Waals surface area contributed by atoms with Gasteiger partial charge < -0.3 is 28.1 Å². The van der Waals surface area contributed by atoms with Gasteiger partial charge in [0.25, 0.3) is 0 Å². The summed E-state index contributed by atoms with van der Waals surface area (Å²) in [5.74, 6) is 4.06. The molecule has 4 heterocycles. The third-order valence-electron chi connectivity index (χ3n) is 18.4. The van der Waals surface area contributed by atoms with E-state index in [0.29, 0.717) is 77.8 Å². The van der Waals surface area contributed by atoms with Gasteiger partial charge in [-0.25, -0.2) is 0 Å². The molecule has 0 saturated carbocycles. The summed E-state index contributed by atoms with van der Waals surface area (Å²) < 4.78 is 65.1. The van der Waals surface area contributed by atoms with Crippen molar-refractivity contribution >= 4 is 46.1 Å². The van der Waals surface area contributed by atoms with Gasteiger partial charge in [-0.05, 0) is 127 Å². The summed E-state index contributed by atoms with van der Waals surface area (Å²) in [6.45, 7) is 0. The standard InChI is InChI=1S/C84H52O6P2/c85-91-73-44-42-61(53-24-8-1-9-25-53)48-71(73)87-79-67(57-32-16-5-17-33-57)52-70(80(83(79)91)88-72-49-62(43-45-74(72)91)54-26-10-2-11-27-54)63-39-22-38-60(46-63)64-47-66(56-30-14-4-15-31-56)78-76(50-64)92(86)75-41-23-40-65(55-28-12-3-13-29-55)77(75)89-81-68(58-34-18-6-19-35-58)51-69(82(90-78)84(81)92)59-36-20-7-21-37-59/h1-52H. The van der Waals surface area contributed by atoms with Gasteiger partial charge in [0.15, 0.2) is 25.8 Å². The first-order valence-corrected chi connectivity index (χ1v) is 34.2. The van der Waals surface area contributed by atoms with Crippen molar-refractivity contribution in [3.8, 4) is 146 Å². The van der Waals surface area contributed by atoms with E-state index in [1.54, 1.807) is 0 Å². The third kappa shape index (κ3) is 8.35. The lowest BCUT2D eigenvalue weighted by Crippen LogP contribution is -2.36. The number of fused-ring (bicyclic) bond motifs is 8. The van der Waals surface area contributed by atoms with Gasteiger partial charge in [-0.1, -0.05) is 255 Å². The zero-order valence-corrected chi connectivity index (χ0v) is 51.2. The third-order valence-corrected chi connectivity index (χ3v) is 24.6. The molecule has 4 aliphatic rings. The first-order chi connectivity index (χ1) is 45.4. The number of para-hydroxylation sites is 1. The zero-order valence-electron chi connectivity index (χ0n) is 49.4. The minimum absolute atomic E-state index is 0.463. The molecule has 0 bridgehead atoms. The van der Waals surface area contributed by atoms with Crippen molar-refractivity contribution in [2.45, 2.75) is 0 Å². The van der Waals surface area contributed by atoms with Gasteiger partial charge in [-0.15, -0.1) is 0 Å². The van der Waals surface area contributed by atoms with Gasteiger partial charge in [0.1, 0.15) is 45.1 Å². The Morgan fingerprint density at radius 2 is 0.511 bits per heavy atom. The fourth-order valence-corrected chi connectivity index (χ4v) is 20.2. The molecule has 2 atom stereocenters. The first kappa shape index (κ1) is 53.7. The highest BCUT2D eigenvalue weighted by Gasteiger charge is 2.51. The SMILES string of the molecule is O=P12c3ccc(-c4ccccc4)cc3Oc3c(-c4ccccc4)cc(-c4cccc(-c5cc(-c6ccccc6)c6c(c5)P5(=O)c7cccc(-c8ccccc8)c7Oc7c(-c8ccccc8)cc(-c8ccccc8)c(c75)O6)c4)c(c31)Oc1cc(-c3ccccc3)ccc12. The lowest BCUT2D eigenvalue weighted by Gasteiger charge is -2.38. The molecule has 14 aromatic carbocycles. The Hall–Kier alpha value is -11.3. The minimum Gasteiger partial charge on any atom is -0.455 e. The Morgan fingerprint density at radius 3 is 0.957 bits per heavy atom. The average Bonchev–Trinajstić information content (AvgIpc) is 0.696. The number of ether oxygens (including phenoxy) is 4. The van der Waals surface area contributed by atoms with Crippen LogP contribution in [-0.2, 0) is 9.13 Å². The van der Waals surface area contributed by atoms with Crippen LogP contribution in [0.4, 0.5) is 0 Å². The predicted octanol–water partition coefficient (Wildman–Crippen LogP) is 20.4. The molecule has 0 radical (unpaired) electrons. The summed E-state index contributed by atoms with van der Waals surface area (Å²) in [6, 6.07) is 107. The van der Waals surface area contributed by atoms with Crippen molar-refractivity contribution < 1.29 is 28.1 Å². The fraction of sp³-hybridized carbons (Fsp3) is 0. The Bertz CT molecular complexity index is 5360. The molecule has 0 fully saturated rings. The van der Waals surface area contributed by atoms with Crippen LogP contribution in [0.15, 0.2) is 315 Å². The molecule has 4 aliphatic heterocycles. The van der Waals surface area contributed by atoms with E-state index in [1.165, 1.54) is 0 Å². The predicted molar refractivity (Wildman–Crippen MR) is 374 cm³/mol. The zero-order chi connectivity index (χ0) is 61.1. The van der Waals surface area contributed by atoms with Crippen LogP contribution in [0.25, 0.3) is 100 Å². The lowest BCUT2D eigenvalue weighted by molar-refractivity contribution is 0.464. The van der Waals surface area contributed by atoms with Crippen molar-refractivity contribution in [3.63, 3.8) is 0 Å². The quantitative estimate of drug-likeness (QED) is 0.134. The van der Waals surface area contributed by atoms with Crippen LogP contribution in [-0.4, -0.2) is 0 Å². The van der Waals surface area contributed by atoms with E-state index < -0.39 is 14.3 Å². The normalized spacial score (nSPS) is 15.7. The van der Waals surface area contributed by atoms with Gasteiger partial charge in [0.05, 0.1) is 21.2 Å². The van der Waals surface area contributed by atoms with Crippen LogP contribution < -0.4 is 50.8 Å². The van der Waals surface area contributed by atoms with E-state index >= 15 is 9.13 Å². The van der Waals surface area contributed by atoms with Crippen LogP contribution in [0.3, 0.4) is 0 Å². The van der Waals surface area contributed by atoms with Gasteiger partial charge in [-0.2, -0.15) is 0 Å². The topological polar surface area (TPSA) is 71.1 Å². The van der Waals surface area contributed by atoms with Crippen molar-refractivity contribution in [1.82, 2.24) is 0 Å². The van der Waals surface area contributed by atoms with Gasteiger partial charge in [-0.3, -0.25) is 0 Å². The molecule has 8 heteroatoms. The maximum absolute atomic E-state index is 18.2. The van der Waals surface area contributed by atoms with E-state index in [1.807, 2.05) is 176 Å². The molecule has 2 unspecified atom stereocenters. The summed E-state index contributed by atoms with van der Waals surface area (Å²) in [4.78, 5) is 0. The van der Waals surface area contributed by atoms with E-state index in [4.69, 9.17) is 18.9 Å². The summed E-state index contributed by atoms with van der Waals surface area (Å²) >= 11 is 0. The number of hydrogen-bond donors (Lipinski definition) is 0. The molecular weight excluding hydrogens is 1170 g/mol. The van der Waals surface area contributed by atoms with Gasteiger partial charge >= 0.3 is 0 Å². The second-order valence-corrected chi connectivity index (χ2v) is 28.9. The van der Waals surface area contributed by atoms with Crippen LogP contribution in [0.1, 0.15) is 0 Å². The van der Waals surface area contributed by atoms with Gasteiger partial charge in [0.2, 0.25) is 0 Å². The monoisotopic (exact) mass is 1220 g/mol. The summed E-state index contributed by atoms with van der Waals surface area (Å²) in [5, 5.41) is 3.39. The van der Waals surface area contributed by atoms with E-state index in [2.05, 4.69) is 140 Å². The van der Waals surface area contributed by atoms with Crippen LogP contribution in [0.5, 0.6) is 46.0 Å². The molecule has 0 saturated heterocycles. The number of benzene rings is 14. The lowest BCUT2D eigenvalue weighted by atomic mass is 9.93. The minimum atomic E-state index is -4.02. The van der Waals surface area contributed by atoms with E-state index in [0.717, 1.165) is 100 Å². The van der Waals surface area contributed by atoms with Crippen molar-refractivity contribution in [1.29, 1.82) is 0 Å². The maximum atomic E-state index is 18.2. The van der Waals surface area contributed by atoms with Crippen LogP contribution >= 0.6 is 14.3 Å². The van der Waals surface area contributed by atoms with Gasteiger partial charge in [0, 0.05) is 33.4 Å². The van der Waals surface area contributed by atoms with Crippen LogP contribution in [0, 0.1) is 0 Å². The smallest absolute Gasteiger partial charge is 0.185 e. The van der Waals surface area contributed by atoms with Crippen molar-refractivity contribution in [2.75, 3.05) is 0 Å². The maximum Gasteiger partial charge on any atom is 0.185 e. The highest BCUT2D eigenvalue weighted by Crippen LogP contribution is 2.66. The molecule has 18 rings (SSSR count).